The number of hydrogen-bond acceptors (Lipinski definition) is 3. The fourth-order valence-electron chi connectivity index (χ4n) is 3.75. The molecule has 7 heteroatoms. The number of aryl methyl sites for hydroxylation is 1. The number of fused-ring (bicyclic) bond motifs is 1. The molecule has 0 aliphatic carbocycles. The summed E-state index contributed by atoms with van der Waals surface area (Å²) in [6.07, 6.45) is -6.00. The molecular formula is C25H22F3NO3. The SMILES string of the molecule is Cc1cc2ccccc2c(-c2ccc(C(F)(F)F)cc2C#N)c1[C@H](OC(C)(C)C)C(=O)O. The molecule has 0 aromatic heterocycles. The van der Waals surface area contributed by atoms with Gasteiger partial charge < -0.3 is 9.84 Å². The van der Waals surface area contributed by atoms with Gasteiger partial charge in [0.25, 0.3) is 0 Å². The van der Waals surface area contributed by atoms with E-state index in [2.05, 4.69) is 0 Å². The van der Waals surface area contributed by atoms with Crippen LogP contribution in [-0.4, -0.2) is 16.7 Å². The second-order valence-electron chi connectivity index (χ2n) is 8.52. The van der Waals surface area contributed by atoms with Gasteiger partial charge in [0.1, 0.15) is 0 Å². The maximum atomic E-state index is 13.2. The number of halogens is 3. The maximum Gasteiger partial charge on any atom is 0.416 e. The molecule has 32 heavy (non-hydrogen) atoms. The van der Waals surface area contributed by atoms with Gasteiger partial charge in [-0.25, -0.2) is 4.79 Å². The highest BCUT2D eigenvalue weighted by Gasteiger charge is 2.34. The zero-order chi connectivity index (χ0) is 23.8. The van der Waals surface area contributed by atoms with E-state index in [1.54, 1.807) is 39.8 Å². The van der Waals surface area contributed by atoms with E-state index < -0.39 is 29.4 Å². The van der Waals surface area contributed by atoms with Crippen LogP contribution in [0.25, 0.3) is 21.9 Å². The fourth-order valence-corrected chi connectivity index (χ4v) is 3.75. The quantitative estimate of drug-likeness (QED) is 0.492. The van der Waals surface area contributed by atoms with Crippen molar-refractivity contribution in [3.05, 3.63) is 70.8 Å². The molecule has 0 fully saturated rings. The largest absolute Gasteiger partial charge is 0.479 e. The van der Waals surface area contributed by atoms with Gasteiger partial charge in [-0.05, 0) is 61.7 Å². The lowest BCUT2D eigenvalue weighted by Gasteiger charge is -2.28. The third-order valence-electron chi connectivity index (χ3n) is 4.99. The average molecular weight is 441 g/mol. The molecule has 0 radical (unpaired) electrons. The fraction of sp³-hybridized carbons (Fsp3) is 0.280. The summed E-state index contributed by atoms with van der Waals surface area (Å²) in [5.74, 6) is -1.23. The lowest BCUT2D eigenvalue weighted by molar-refractivity contribution is -0.160. The molecule has 3 aromatic rings. The van der Waals surface area contributed by atoms with E-state index in [1.807, 2.05) is 24.3 Å². The van der Waals surface area contributed by atoms with Crippen molar-refractivity contribution >= 4 is 16.7 Å². The maximum absolute atomic E-state index is 13.2. The number of carboxylic acids is 1. The first-order valence-electron chi connectivity index (χ1n) is 9.88. The van der Waals surface area contributed by atoms with Crippen LogP contribution < -0.4 is 0 Å². The summed E-state index contributed by atoms with van der Waals surface area (Å²) in [5.41, 5.74) is -0.451. The number of nitrogens with zero attached hydrogens (tertiary/aromatic N) is 1. The lowest BCUT2D eigenvalue weighted by Crippen LogP contribution is -2.28. The highest BCUT2D eigenvalue weighted by molar-refractivity contribution is 6.02. The molecule has 1 N–H and O–H groups in total. The molecule has 1 atom stereocenters. The predicted octanol–water partition coefficient (Wildman–Crippen LogP) is 6.65. The van der Waals surface area contributed by atoms with Gasteiger partial charge >= 0.3 is 12.1 Å². The molecule has 0 spiro atoms. The van der Waals surface area contributed by atoms with E-state index in [1.165, 1.54) is 6.07 Å². The van der Waals surface area contributed by atoms with Crippen molar-refractivity contribution in [1.82, 2.24) is 0 Å². The Morgan fingerprint density at radius 1 is 1.09 bits per heavy atom. The summed E-state index contributed by atoms with van der Waals surface area (Å²) >= 11 is 0. The van der Waals surface area contributed by atoms with Crippen molar-refractivity contribution in [2.24, 2.45) is 0 Å². The number of alkyl halides is 3. The Kier molecular flexibility index (Phi) is 6.03. The number of benzene rings is 3. The van der Waals surface area contributed by atoms with Crippen LogP contribution in [0.4, 0.5) is 13.2 Å². The van der Waals surface area contributed by atoms with E-state index in [0.717, 1.165) is 17.5 Å². The number of carbonyl (C=O) groups is 1. The summed E-state index contributed by atoms with van der Waals surface area (Å²) < 4.78 is 45.6. The normalized spacial score (nSPS) is 13.1. The van der Waals surface area contributed by atoms with E-state index >= 15 is 0 Å². The minimum absolute atomic E-state index is 0.197. The van der Waals surface area contributed by atoms with Gasteiger partial charge in [-0.3, -0.25) is 0 Å². The predicted molar refractivity (Wildman–Crippen MR) is 115 cm³/mol. The average Bonchev–Trinajstić information content (AvgIpc) is 2.69. The van der Waals surface area contributed by atoms with E-state index in [-0.39, 0.29) is 11.1 Å². The second kappa shape index (κ2) is 8.29. The molecule has 0 aliphatic heterocycles. The van der Waals surface area contributed by atoms with Gasteiger partial charge in [0.2, 0.25) is 0 Å². The van der Waals surface area contributed by atoms with Crippen molar-refractivity contribution in [3.8, 4) is 17.2 Å². The number of aliphatic carboxylic acids is 1. The number of ether oxygens (including phenoxy) is 1. The van der Waals surface area contributed by atoms with Crippen LogP contribution in [-0.2, 0) is 15.7 Å². The molecule has 4 nitrogen and oxygen atoms in total. The topological polar surface area (TPSA) is 70.3 Å². The summed E-state index contributed by atoms with van der Waals surface area (Å²) in [6, 6.07) is 13.7. The van der Waals surface area contributed by atoms with Crippen LogP contribution in [0.2, 0.25) is 0 Å². The Bertz CT molecular complexity index is 1230. The molecule has 0 saturated heterocycles. The molecule has 0 heterocycles. The Morgan fingerprint density at radius 2 is 1.75 bits per heavy atom. The standard InChI is InChI=1S/C25H22F3NO3/c1-14-11-15-7-5-6-8-18(15)21(20(14)22(23(30)31)32-24(2,3)4)19-10-9-17(25(26,27)28)12-16(19)13-29/h5-12,22H,1-4H3,(H,30,31)/t22-/m0/s1. The van der Waals surface area contributed by atoms with Gasteiger partial charge in [0.15, 0.2) is 6.10 Å². The first-order chi connectivity index (χ1) is 14.8. The summed E-state index contributed by atoms with van der Waals surface area (Å²) in [5, 5.41) is 21.1. The zero-order valence-corrected chi connectivity index (χ0v) is 18.0. The zero-order valence-electron chi connectivity index (χ0n) is 18.0. The van der Waals surface area contributed by atoms with Gasteiger partial charge in [-0.2, -0.15) is 18.4 Å². The highest BCUT2D eigenvalue weighted by Crippen LogP contribution is 2.42. The Balaban J connectivity index is 2.44. The molecular weight excluding hydrogens is 419 g/mol. The van der Waals surface area contributed by atoms with Crippen LogP contribution in [0.3, 0.4) is 0 Å². The van der Waals surface area contributed by atoms with Crippen LogP contribution >= 0.6 is 0 Å². The van der Waals surface area contributed by atoms with E-state index in [0.29, 0.717) is 22.1 Å². The van der Waals surface area contributed by atoms with Crippen LogP contribution in [0.15, 0.2) is 48.5 Å². The lowest BCUT2D eigenvalue weighted by atomic mass is 9.85. The Morgan fingerprint density at radius 3 is 2.31 bits per heavy atom. The summed E-state index contributed by atoms with van der Waals surface area (Å²) in [6.45, 7) is 6.89. The number of carboxylic acid groups (broad SMARTS) is 1. The van der Waals surface area contributed by atoms with Crippen molar-refractivity contribution in [1.29, 1.82) is 5.26 Å². The monoisotopic (exact) mass is 441 g/mol. The molecule has 0 amide bonds. The molecule has 166 valence electrons. The van der Waals surface area contributed by atoms with Crippen molar-refractivity contribution in [3.63, 3.8) is 0 Å². The molecule has 3 rings (SSSR count). The van der Waals surface area contributed by atoms with Crippen molar-refractivity contribution in [2.75, 3.05) is 0 Å². The minimum atomic E-state index is -4.61. The number of nitriles is 1. The first-order valence-corrected chi connectivity index (χ1v) is 9.88. The smallest absolute Gasteiger partial charge is 0.416 e. The van der Waals surface area contributed by atoms with Gasteiger partial charge in [0.05, 0.1) is 22.8 Å². The van der Waals surface area contributed by atoms with Crippen molar-refractivity contribution < 1.29 is 27.8 Å². The van der Waals surface area contributed by atoms with E-state index in [9.17, 15) is 28.3 Å². The molecule has 0 bridgehead atoms. The Hall–Kier alpha value is -3.37. The summed E-state index contributed by atoms with van der Waals surface area (Å²) in [4.78, 5) is 12.3. The first kappa shape index (κ1) is 23.3. The van der Waals surface area contributed by atoms with Crippen LogP contribution in [0.5, 0.6) is 0 Å². The van der Waals surface area contributed by atoms with Crippen molar-refractivity contribution in [2.45, 2.75) is 45.6 Å². The van der Waals surface area contributed by atoms with Gasteiger partial charge in [-0.1, -0.05) is 36.4 Å². The van der Waals surface area contributed by atoms with Gasteiger partial charge in [-0.15, -0.1) is 0 Å². The molecule has 3 aromatic carbocycles. The minimum Gasteiger partial charge on any atom is -0.479 e. The third kappa shape index (κ3) is 4.61. The highest BCUT2D eigenvalue weighted by atomic mass is 19.4. The van der Waals surface area contributed by atoms with E-state index in [4.69, 9.17) is 4.74 Å². The summed E-state index contributed by atoms with van der Waals surface area (Å²) in [7, 11) is 0. The number of rotatable bonds is 4. The van der Waals surface area contributed by atoms with Gasteiger partial charge in [0, 0.05) is 11.1 Å². The molecule has 0 unspecified atom stereocenters. The Labute approximate surface area is 183 Å². The molecule has 0 saturated carbocycles. The number of hydrogen-bond donors (Lipinski definition) is 1. The third-order valence-corrected chi connectivity index (χ3v) is 4.99. The molecule has 0 aliphatic rings. The van der Waals surface area contributed by atoms with Crippen LogP contribution in [0, 0.1) is 18.3 Å². The second-order valence-corrected chi connectivity index (χ2v) is 8.52. The van der Waals surface area contributed by atoms with Crippen LogP contribution in [0.1, 0.15) is 49.1 Å².